The summed E-state index contributed by atoms with van der Waals surface area (Å²) in [5, 5.41) is 5.13. The Morgan fingerprint density at radius 3 is 2.52 bits per heavy atom. The lowest BCUT2D eigenvalue weighted by molar-refractivity contribution is -0.118. The van der Waals surface area contributed by atoms with Crippen molar-refractivity contribution in [3.05, 3.63) is 95.3 Å². The lowest BCUT2D eigenvalue weighted by Gasteiger charge is -2.20. The monoisotopic (exact) mass is 549 g/mol. The van der Waals surface area contributed by atoms with E-state index >= 15 is 0 Å². The zero-order chi connectivity index (χ0) is 27.8. The first-order valence-electron chi connectivity index (χ1n) is 13.7. The average molecular weight is 550 g/mol. The Labute approximate surface area is 238 Å². The maximum Gasteiger partial charge on any atom is 0.248 e. The second-order valence-corrected chi connectivity index (χ2v) is 11.5. The number of aromatic nitrogens is 3. The fraction of sp³-hybridized carbons (Fsp3) is 0.281. The molecule has 1 saturated heterocycles. The second-order valence-electron chi connectivity index (χ2n) is 10.6. The zero-order valence-corrected chi connectivity index (χ0v) is 23.7. The summed E-state index contributed by atoms with van der Waals surface area (Å²) < 4.78 is 1.78. The summed E-state index contributed by atoms with van der Waals surface area (Å²) in [4.78, 5) is 36.2. The summed E-state index contributed by atoms with van der Waals surface area (Å²) in [6.07, 6.45) is 3.88. The van der Waals surface area contributed by atoms with E-state index in [0.29, 0.717) is 29.1 Å². The van der Waals surface area contributed by atoms with Crippen molar-refractivity contribution in [1.29, 1.82) is 0 Å². The topological polar surface area (TPSA) is 80.5 Å². The van der Waals surface area contributed by atoms with Gasteiger partial charge in [-0.2, -0.15) is 4.99 Å². The Balaban J connectivity index is 1.10. The molecule has 1 aliphatic carbocycles. The van der Waals surface area contributed by atoms with Crippen LogP contribution in [0.5, 0.6) is 0 Å². The van der Waals surface area contributed by atoms with Crippen LogP contribution in [0.15, 0.2) is 78.0 Å². The molecule has 1 aliphatic heterocycles. The van der Waals surface area contributed by atoms with Crippen molar-refractivity contribution >= 4 is 34.4 Å². The molecule has 0 bridgehead atoms. The van der Waals surface area contributed by atoms with Gasteiger partial charge >= 0.3 is 0 Å². The van der Waals surface area contributed by atoms with Gasteiger partial charge in [0, 0.05) is 12.0 Å². The molecule has 2 aliphatic rings. The highest BCUT2D eigenvalue weighted by Gasteiger charge is 2.40. The van der Waals surface area contributed by atoms with Crippen molar-refractivity contribution in [2.24, 2.45) is 10.9 Å². The van der Waals surface area contributed by atoms with Crippen LogP contribution >= 0.6 is 11.8 Å². The van der Waals surface area contributed by atoms with Crippen molar-refractivity contribution in [3.8, 4) is 17.1 Å². The van der Waals surface area contributed by atoms with E-state index in [-0.39, 0.29) is 17.7 Å². The van der Waals surface area contributed by atoms with Crippen molar-refractivity contribution in [3.63, 3.8) is 0 Å². The molecule has 202 valence electrons. The highest BCUT2D eigenvalue weighted by molar-refractivity contribution is 8.15. The number of nitrogens with zero attached hydrogens (tertiary/aromatic N) is 5. The Hall–Kier alpha value is -4.04. The van der Waals surface area contributed by atoms with E-state index < -0.39 is 0 Å². The van der Waals surface area contributed by atoms with Crippen LogP contribution in [-0.4, -0.2) is 37.5 Å². The van der Waals surface area contributed by atoms with Gasteiger partial charge in [0.15, 0.2) is 11.0 Å². The molecule has 2 amide bonds. The van der Waals surface area contributed by atoms with Crippen molar-refractivity contribution < 1.29 is 9.59 Å². The molecule has 3 aromatic carbocycles. The summed E-state index contributed by atoms with van der Waals surface area (Å²) in [7, 11) is 0. The molecule has 0 radical (unpaired) electrons. The Morgan fingerprint density at radius 1 is 1.02 bits per heavy atom. The van der Waals surface area contributed by atoms with Crippen LogP contribution in [0, 0.1) is 19.8 Å². The van der Waals surface area contributed by atoms with Crippen molar-refractivity contribution in [1.82, 2.24) is 14.8 Å². The van der Waals surface area contributed by atoms with E-state index in [1.807, 2.05) is 49.4 Å². The SMILES string of the molecule is CCc1ccc(C)cc1N1C(=O)CSC1=NC(=O)CC1CC1c1ccc(-c2ncn(-c3ccc(C)cc3)n2)cc1. The largest absolute Gasteiger partial charge is 0.273 e. The van der Waals surface area contributed by atoms with E-state index in [9.17, 15) is 9.59 Å². The Bertz CT molecular complexity index is 1610. The third-order valence-corrected chi connectivity index (χ3v) is 8.52. The van der Waals surface area contributed by atoms with E-state index in [4.69, 9.17) is 0 Å². The maximum absolute atomic E-state index is 13.0. The maximum atomic E-state index is 13.0. The molecule has 0 spiro atoms. The summed E-state index contributed by atoms with van der Waals surface area (Å²) in [5.74, 6) is 1.40. The van der Waals surface area contributed by atoms with Gasteiger partial charge in [0.25, 0.3) is 0 Å². The number of hydrogen-bond acceptors (Lipinski definition) is 5. The number of rotatable bonds is 7. The second kappa shape index (κ2) is 10.8. The Kier molecular flexibility index (Phi) is 7.11. The van der Waals surface area contributed by atoms with Gasteiger partial charge in [-0.15, -0.1) is 5.10 Å². The smallest absolute Gasteiger partial charge is 0.248 e. The molecule has 1 aromatic heterocycles. The van der Waals surface area contributed by atoms with Gasteiger partial charge in [0.1, 0.15) is 6.33 Å². The first-order valence-corrected chi connectivity index (χ1v) is 14.6. The van der Waals surface area contributed by atoms with Crippen molar-refractivity contribution in [2.45, 2.75) is 46.0 Å². The van der Waals surface area contributed by atoms with Gasteiger partial charge in [0.05, 0.1) is 17.1 Å². The molecule has 8 heteroatoms. The first kappa shape index (κ1) is 26.2. The molecular weight excluding hydrogens is 518 g/mol. The summed E-state index contributed by atoms with van der Waals surface area (Å²) >= 11 is 1.34. The molecule has 2 heterocycles. The minimum absolute atomic E-state index is 0.0283. The number of anilines is 1. The fourth-order valence-corrected chi connectivity index (χ4v) is 6.09. The minimum Gasteiger partial charge on any atom is -0.273 e. The van der Waals surface area contributed by atoms with Crippen LogP contribution in [0.1, 0.15) is 47.9 Å². The van der Waals surface area contributed by atoms with Gasteiger partial charge in [-0.1, -0.05) is 72.8 Å². The first-order chi connectivity index (χ1) is 19.4. The number of amides is 2. The van der Waals surface area contributed by atoms with Crippen LogP contribution in [0.3, 0.4) is 0 Å². The number of carbonyl (C=O) groups excluding carboxylic acids is 2. The van der Waals surface area contributed by atoms with Crippen LogP contribution < -0.4 is 4.90 Å². The normalized spacial score (nSPS) is 19.4. The lowest BCUT2D eigenvalue weighted by atomic mass is 10.1. The molecule has 2 unspecified atom stereocenters. The van der Waals surface area contributed by atoms with E-state index in [1.165, 1.54) is 22.9 Å². The van der Waals surface area contributed by atoms with Crippen LogP contribution in [0.25, 0.3) is 17.1 Å². The molecule has 7 nitrogen and oxygen atoms in total. The van der Waals surface area contributed by atoms with Crippen LogP contribution in [-0.2, 0) is 16.0 Å². The molecule has 2 fully saturated rings. The Morgan fingerprint density at radius 2 is 1.77 bits per heavy atom. The predicted octanol–water partition coefficient (Wildman–Crippen LogP) is 6.27. The minimum atomic E-state index is -0.164. The third-order valence-electron chi connectivity index (χ3n) is 7.60. The van der Waals surface area contributed by atoms with Crippen LogP contribution in [0.2, 0.25) is 0 Å². The standard InChI is InChI=1S/C32H31N5O2S/c1-4-22-8-5-21(3)15-28(22)37-30(39)18-40-32(37)34-29(38)17-25-16-27(25)23-9-11-24(12-10-23)31-33-19-36(35-31)26-13-6-20(2)7-14-26/h5-15,19,25,27H,4,16-18H2,1-3H3. The number of hydrogen-bond donors (Lipinski definition) is 0. The molecule has 0 N–H and O–H groups in total. The highest BCUT2D eigenvalue weighted by atomic mass is 32.2. The molecule has 4 aromatic rings. The zero-order valence-electron chi connectivity index (χ0n) is 22.9. The summed E-state index contributed by atoms with van der Waals surface area (Å²) in [6.45, 7) is 6.13. The quantitative estimate of drug-likeness (QED) is 0.271. The molecule has 1 saturated carbocycles. The van der Waals surface area contributed by atoms with Gasteiger partial charge < -0.3 is 0 Å². The van der Waals surface area contributed by atoms with Gasteiger partial charge in [0.2, 0.25) is 11.8 Å². The van der Waals surface area contributed by atoms with Gasteiger partial charge in [-0.05, 0) is 73.4 Å². The molecular formula is C32H31N5O2S. The lowest BCUT2D eigenvalue weighted by Crippen LogP contribution is -2.30. The third kappa shape index (κ3) is 5.36. The highest BCUT2D eigenvalue weighted by Crippen LogP contribution is 2.50. The molecule has 6 rings (SSSR count). The molecule has 2 atom stereocenters. The van der Waals surface area contributed by atoms with E-state index in [2.05, 4.69) is 53.2 Å². The van der Waals surface area contributed by atoms with E-state index in [1.54, 1.807) is 15.9 Å². The number of aliphatic imine (C=N–C) groups is 1. The van der Waals surface area contributed by atoms with Crippen LogP contribution in [0.4, 0.5) is 5.69 Å². The number of carbonyl (C=O) groups is 2. The van der Waals surface area contributed by atoms with E-state index in [0.717, 1.165) is 40.9 Å². The number of amidine groups is 1. The van der Waals surface area contributed by atoms with Gasteiger partial charge in [-0.3, -0.25) is 14.5 Å². The molecule has 40 heavy (non-hydrogen) atoms. The summed E-state index contributed by atoms with van der Waals surface area (Å²) in [5.41, 5.74) is 7.34. The predicted molar refractivity (Wildman–Crippen MR) is 160 cm³/mol. The van der Waals surface area contributed by atoms with Crippen molar-refractivity contribution in [2.75, 3.05) is 10.7 Å². The number of thioether (sulfide) groups is 1. The number of aryl methyl sites for hydroxylation is 3. The summed E-state index contributed by atoms with van der Waals surface area (Å²) in [6, 6.07) is 22.6. The fourth-order valence-electron chi connectivity index (χ4n) is 5.22. The average Bonchev–Trinajstić information content (AvgIpc) is 3.36. The van der Waals surface area contributed by atoms with Gasteiger partial charge in [-0.25, -0.2) is 9.67 Å². The number of benzene rings is 3.